The second kappa shape index (κ2) is 8.68. The molecule has 0 aliphatic carbocycles. The molecular formula is C19H20Cl2N2O2. The topological polar surface area (TPSA) is 41.6 Å². The number of morpholine rings is 1. The van der Waals surface area contributed by atoms with Crippen LogP contribution in [0.3, 0.4) is 0 Å². The Labute approximate surface area is 157 Å². The second-order valence-corrected chi connectivity index (χ2v) is 6.73. The molecule has 1 fully saturated rings. The summed E-state index contributed by atoms with van der Waals surface area (Å²) in [5.74, 6) is -0.159. The molecular weight excluding hydrogens is 359 g/mol. The molecule has 0 unspecified atom stereocenters. The van der Waals surface area contributed by atoms with Crippen LogP contribution in [0.4, 0.5) is 0 Å². The normalized spacial score (nSPS) is 16.4. The maximum absolute atomic E-state index is 12.5. The molecule has 132 valence electrons. The molecule has 0 aromatic heterocycles. The van der Waals surface area contributed by atoms with E-state index in [0.29, 0.717) is 35.4 Å². The Morgan fingerprint density at radius 3 is 2.48 bits per heavy atom. The molecule has 6 heteroatoms. The molecule has 0 radical (unpaired) electrons. The van der Waals surface area contributed by atoms with Crippen LogP contribution in [0.25, 0.3) is 0 Å². The molecule has 1 saturated heterocycles. The standard InChI is InChI=1S/C19H20Cl2N2O2/c20-16-7-6-15(12-17(16)21)19(24)22-13-18(14-4-2-1-3-5-14)23-8-10-25-11-9-23/h1-7,12,18H,8-11,13H2,(H,22,24)/t18-/m1/s1. The maximum atomic E-state index is 12.5. The van der Waals surface area contributed by atoms with Crippen LogP contribution in [0.1, 0.15) is 22.0 Å². The lowest BCUT2D eigenvalue weighted by atomic mass is 10.0. The first-order valence-corrected chi connectivity index (χ1v) is 9.01. The number of hydrogen-bond acceptors (Lipinski definition) is 3. The van der Waals surface area contributed by atoms with Crippen LogP contribution in [-0.2, 0) is 4.74 Å². The lowest BCUT2D eigenvalue weighted by Gasteiger charge is -2.35. The molecule has 0 spiro atoms. The van der Waals surface area contributed by atoms with Gasteiger partial charge in [0.15, 0.2) is 0 Å². The van der Waals surface area contributed by atoms with Crippen molar-refractivity contribution in [2.75, 3.05) is 32.8 Å². The zero-order valence-corrected chi connectivity index (χ0v) is 15.3. The Balaban J connectivity index is 1.71. The summed E-state index contributed by atoms with van der Waals surface area (Å²) in [5, 5.41) is 3.83. The van der Waals surface area contributed by atoms with E-state index < -0.39 is 0 Å². The van der Waals surface area contributed by atoms with Crippen molar-refractivity contribution in [1.29, 1.82) is 0 Å². The fraction of sp³-hybridized carbons (Fsp3) is 0.316. The van der Waals surface area contributed by atoms with Crippen molar-refractivity contribution < 1.29 is 9.53 Å². The number of carbonyl (C=O) groups is 1. The van der Waals surface area contributed by atoms with Gasteiger partial charge in [0.1, 0.15) is 0 Å². The lowest BCUT2D eigenvalue weighted by molar-refractivity contribution is 0.0162. The Morgan fingerprint density at radius 2 is 1.80 bits per heavy atom. The first-order valence-electron chi connectivity index (χ1n) is 8.25. The number of carbonyl (C=O) groups excluding carboxylic acids is 1. The number of ether oxygens (including phenoxy) is 1. The van der Waals surface area contributed by atoms with Crippen molar-refractivity contribution in [1.82, 2.24) is 10.2 Å². The average Bonchev–Trinajstić information content (AvgIpc) is 2.66. The van der Waals surface area contributed by atoms with Crippen LogP contribution in [0.15, 0.2) is 48.5 Å². The van der Waals surface area contributed by atoms with E-state index in [1.807, 2.05) is 18.2 Å². The van der Waals surface area contributed by atoms with Gasteiger partial charge in [-0.3, -0.25) is 9.69 Å². The van der Waals surface area contributed by atoms with E-state index in [4.69, 9.17) is 27.9 Å². The summed E-state index contributed by atoms with van der Waals surface area (Å²) in [6.07, 6.45) is 0. The van der Waals surface area contributed by atoms with Crippen molar-refractivity contribution in [2.24, 2.45) is 0 Å². The predicted molar refractivity (Wildman–Crippen MR) is 100 cm³/mol. The van der Waals surface area contributed by atoms with Gasteiger partial charge in [0.2, 0.25) is 0 Å². The van der Waals surface area contributed by atoms with Crippen LogP contribution in [0.2, 0.25) is 10.0 Å². The largest absolute Gasteiger partial charge is 0.379 e. The highest BCUT2D eigenvalue weighted by molar-refractivity contribution is 6.42. The number of rotatable bonds is 5. The third-order valence-corrected chi connectivity index (χ3v) is 5.05. The van der Waals surface area contributed by atoms with E-state index in [1.165, 1.54) is 5.56 Å². The maximum Gasteiger partial charge on any atom is 0.251 e. The molecule has 1 atom stereocenters. The first kappa shape index (κ1) is 18.2. The molecule has 0 bridgehead atoms. The summed E-state index contributed by atoms with van der Waals surface area (Å²) >= 11 is 11.9. The molecule has 1 aliphatic heterocycles. The molecule has 1 heterocycles. The molecule has 1 N–H and O–H groups in total. The quantitative estimate of drug-likeness (QED) is 0.860. The summed E-state index contributed by atoms with van der Waals surface area (Å²) < 4.78 is 5.45. The highest BCUT2D eigenvalue weighted by Gasteiger charge is 2.23. The van der Waals surface area contributed by atoms with Gasteiger partial charge in [0, 0.05) is 25.2 Å². The van der Waals surface area contributed by atoms with Crippen molar-refractivity contribution >= 4 is 29.1 Å². The van der Waals surface area contributed by atoms with Gasteiger partial charge in [-0.05, 0) is 23.8 Å². The number of benzene rings is 2. The van der Waals surface area contributed by atoms with Gasteiger partial charge in [-0.1, -0.05) is 53.5 Å². The zero-order valence-electron chi connectivity index (χ0n) is 13.8. The first-order chi connectivity index (χ1) is 12.1. The molecule has 25 heavy (non-hydrogen) atoms. The number of nitrogens with zero attached hydrogens (tertiary/aromatic N) is 1. The van der Waals surface area contributed by atoms with Gasteiger partial charge in [0.25, 0.3) is 5.91 Å². The Kier molecular flexibility index (Phi) is 6.32. The van der Waals surface area contributed by atoms with Crippen LogP contribution in [-0.4, -0.2) is 43.7 Å². The van der Waals surface area contributed by atoms with Gasteiger partial charge < -0.3 is 10.1 Å². The molecule has 0 saturated carbocycles. The molecule has 3 rings (SSSR count). The molecule has 2 aromatic rings. The third-order valence-electron chi connectivity index (χ3n) is 4.31. The minimum Gasteiger partial charge on any atom is -0.379 e. The van der Waals surface area contributed by atoms with Crippen molar-refractivity contribution in [3.05, 3.63) is 69.7 Å². The number of halogens is 2. The minimum atomic E-state index is -0.159. The van der Waals surface area contributed by atoms with Crippen molar-refractivity contribution in [3.63, 3.8) is 0 Å². The smallest absolute Gasteiger partial charge is 0.251 e. The fourth-order valence-corrected chi connectivity index (χ4v) is 3.25. The number of hydrogen-bond donors (Lipinski definition) is 1. The second-order valence-electron chi connectivity index (χ2n) is 5.91. The summed E-state index contributed by atoms with van der Waals surface area (Å²) in [4.78, 5) is 14.8. The molecule has 4 nitrogen and oxygen atoms in total. The lowest BCUT2D eigenvalue weighted by Crippen LogP contribution is -2.43. The van der Waals surface area contributed by atoms with Gasteiger partial charge >= 0.3 is 0 Å². The van der Waals surface area contributed by atoms with Crippen molar-refractivity contribution in [3.8, 4) is 0 Å². The molecule has 1 amide bonds. The van der Waals surface area contributed by atoms with E-state index >= 15 is 0 Å². The minimum absolute atomic E-state index is 0.108. The van der Waals surface area contributed by atoms with Crippen LogP contribution >= 0.6 is 23.2 Å². The predicted octanol–water partition coefficient (Wildman–Crippen LogP) is 3.80. The van der Waals surface area contributed by atoms with E-state index in [1.54, 1.807) is 18.2 Å². The Bertz CT molecular complexity index is 719. The number of amides is 1. The van der Waals surface area contributed by atoms with E-state index in [2.05, 4.69) is 22.3 Å². The SMILES string of the molecule is O=C(NC[C@H](c1ccccc1)N1CCOCC1)c1ccc(Cl)c(Cl)c1. The number of nitrogens with one attached hydrogen (secondary N) is 1. The summed E-state index contributed by atoms with van der Waals surface area (Å²) in [5.41, 5.74) is 1.68. The van der Waals surface area contributed by atoms with E-state index in [9.17, 15) is 4.79 Å². The summed E-state index contributed by atoms with van der Waals surface area (Å²) in [6, 6.07) is 15.2. The summed E-state index contributed by atoms with van der Waals surface area (Å²) in [7, 11) is 0. The summed E-state index contributed by atoms with van der Waals surface area (Å²) in [6.45, 7) is 3.64. The van der Waals surface area contributed by atoms with Crippen LogP contribution < -0.4 is 5.32 Å². The Morgan fingerprint density at radius 1 is 1.08 bits per heavy atom. The van der Waals surface area contributed by atoms with Gasteiger partial charge in [-0.2, -0.15) is 0 Å². The molecule has 1 aliphatic rings. The van der Waals surface area contributed by atoms with Gasteiger partial charge in [-0.15, -0.1) is 0 Å². The van der Waals surface area contributed by atoms with Gasteiger partial charge in [-0.25, -0.2) is 0 Å². The van der Waals surface area contributed by atoms with E-state index in [0.717, 1.165) is 13.1 Å². The van der Waals surface area contributed by atoms with E-state index in [-0.39, 0.29) is 11.9 Å². The molecule has 2 aromatic carbocycles. The van der Waals surface area contributed by atoms with Gasteiger partial charge in [0.05, 0.1) is 29.3 Å². The fourth-order valence-electron chi connectivity index (χ4n) is 2.95. The monoisotopic (exact) mass is 378 g/mol. The highest BCUT2D eigenvalue weighted by Crippen LogP contribution is 2.23. The average molecular weight is 379 g/mol. The van der Waals surface area contributed by atoms with Crippen molar-refractivity contribution in [2.45, 2.75) is 6.04 Å². The van der Waals surface area contributed by atoms with Crippen LogP contribution in [0.5, 0.6) is 0 Å². The van der Waals surface area contributed by atoms with Crippen LogP contribution in [0, 0.1) is 0 Å². The Hall–Kier alpha value is -1.59. The zero-order chi connectivity index (χ0) is 17.6. The highest BCUT2D eigenvalue weighted by atomic mass is 35.5. The third kappa shape index (κ3) is 4.73.